The number of benzene rings is 2. The molecule has 2 N–H and O–H groups in total. The molecule has 2 aromatic rings. The van der Waals surface area contributed by atoms with Crippen LogP contribution in [0.25, 0.3) is 0 Å². The Labute approximate surface area is 164 Å². The lowest BCUT2D eigenvalue weighted by molar-refractivity contribution is -0.119. The normalized spacial score (nSPS) is 14.4. The first-order chi connectivity index (χ1) is 13.3. The average Bonchev–Trinajstić information content (AvgIpc) is 3.08. The molecule has 0 aromatic heterocycles. The molecule has 2 amide bonds. The highest BCUT2D eigenvalue weighted by Crippen LogP contribution is 2.24. The largest absolute Gasteiger partial charge is 0.326 e. The van der Waals surface area contributed by atoms with Crippen molar-refractivity contribution < 1.29 is 18.0 Å². The summed E-state index contributed by atoms with van der Waals surface area (Å²) in [5, 5.41) is 2.72. The van der Waals surface area contributed by atoms with E-state index in [1.165, 1.54) is 12.1 Å². The van der Waals surface area contributed by atoms with E-state index in [9.17, 15) is 18.0 Å². The summed E-state index contributed by atoms with van der Waals surface area (Å²) in [5.74, 6) is -0.216. The second-order valence-electron chi connectivity index (χ2n) is 6.97. The van der Waals surface area contributed by atoms with Gasteiger partial charge in [0.05, 0.1) is 4.90 Å². The minimum absolute atomic E-state index is 0.0815. The van der Waals surface area contributed by atoms with Crippen molar-refractivity contribution in [3.63, 3.8) is 0 Å². The van der Waals surface area contributed by atoms with E-state index in [1.54, 1.807) is 55.1 Å². The number of nitrogens with one attached hydrogen (secondary N) is 2. The van der Waals surface area contributed by atoms with Gasteiger partial charge < -0.3 is 10.2 Å². The van der Waals surface area contributed by atoms with E-state index < -0.39 is 10.0 Å². The third-order valence-electron chi connectivity index (χ3n) is 4.46. The number of nitrogens with zero attached hydrogens (tertiary/aromatic N) is 1. The lowest BCUT2D eigenvalue weighted by Crippen LogP contribution is -2.23. The Kier molecular flexibility index (Phi) is 5.69. The number of hydrogen-bond donors (Lipinski definition) is 2. The predicted molar refractivity (Wildman–Crippen MR) is 109 cm³/mol. The molecule has 3 rings (SSSR count). The second-order valence-corrected chi connectivity index (χ2v) is 8.65. The molecule has 1 aliphatic heterocycles. The molecule has 1 saturated heterocycles. The standard InChI is InChI=1S/C20H23N3O4S/c1-14(2)20(25)21-15-7-11-18(12-8-15)28(26,27)22-16-5-9-17(10-6-16)23-13-3-4-19(23)24/h5-12,14,22H,3-4,13H2,1-2H3,(H,21,25). The van der Waals surface area contributed by atoms with Crippen molar-refractivity contribution in [3.05, 3.63) is 48.5 Å². The van der Waals surface area contributed by atoms with Gasteiger partial charge in [0, 0.05) is 35.9 Å². The number of amides is 2. The van der Waals surface area contributed by atoms with Crippen molar-refractivity contribution in [1.29, 1.82) is 0 Å². The van der Waals surface area contributed by atoms with Gasteiger partial charge >= 0.3 is 0 Å². The molecule has 0 radical (unpaired) electrons. The van der Waals surface area contributed by atoms with Crippen LogP contribution in [0.2, 0.25) is 0 Å². The quantitative estimate of drug-likeness (QED) is 0.777. The summed E-state index contributed by atoms with van der Waals surface area (Å²) >= 11 is 0. The Morgan fingerprint density at radius 1 is 1.00 bits per heavy atom. The van der Waals surface area contributed by atoms with Crippen molar-refractivity contribution in [3.8, 4) is 0 Å². The summed E-state index contributed by atoms with van der Waals surface area (Å²) in [6, 6.07) is 12.7. The molecule has 0 bridgehead atoms. The SMILES string of the molecule is CC(C)C(=O)Nc1ccc(S(=O)(=O)Nc2ccc(N3CCCC3=O)cc2)cc1. The summed E-state index contributed by atoms with van der Waals surface area (Å²) < 4.78 is 27.7. The Hall–Kier alpha value is -2.87. The monoisotopic (exact) mass is 401 g/mol. The van der Waals surface area contributed by atoms with Crippen LogP contribution in [0.15, 0.2) is 53.4 Å². The number of carbonyl (C=O) groups is 2. The molecule has 8 heteroatoms. The van der Waals surface area contributed by atoms with Crippen LogP contribution in [0.5, 0.6) is 0 Å². The summed E-state index contributed by atoms with van der Waals surface area (Å²) in [5.41, 5.74) is 1.71. The Morgan fingerprint density at radius 2 is 1.61 bits per heavy atom. The maximum Gasteiger partial charge on any atom is 0.261 e. The zero-order valence-corrected chi connectivity index (χ0v) is 16.6. The van der Waals surface area contributed by atoms with Gasteiger partial charge in [-0.2, -0.15) is 0 Å². The molecule has 0 spiro atoms. The van der Waals surface area contributed by atoms with Gasteiger partial charge in [-0.15, -0.1) is 0 Å². The van der Waals surface area contributed by atoms with E-state index in [4.69, 9.17) is 0 Å². The maximum absolute atomic E-state index is 12.6. The Morgan fingerprint density at radius 3 is 2.14 bits per heavy atom. The third kappa shape index (κ3) is 4.51. The van der Waals surface area contributed by atoms with Crippen LogP contribution in [0.3, 0.4) is 0 Å². The molecule has 1 heterocycles. The van der Waals surface area contributed by atoms with Gasteiger partial charge in [-0.25, -0.2) is 8.42 Å². The number of hydrogen-bond acceptors (Lipinski definition) is 4. The predicted octanol–water partition coefficient (Wildman–Crippen LogP) is 3.21. The molecule has 148 valence electrons. The van der Waals surface area contributed by atoms with Gasteiger partial charge in [0.15, 0.2) is 0 Å². The van der Waals surface area contributed by atoms with E-state index in [2.05, 4.69) is 10.0 Å². The molecule has 0 saturated carbocycles. The highest BCUT2D eigenvalue weighted by molar-refractivity contribution is 7.92. The van der Waals surface area contributed by atoms with Gasteiger partial charge in [0.1, 0.15) is 0 Å². The van der Waals surface area contributed by atoms with Crippen LogP contribution in [0.4, 0.5) is 17.1 Å². The number of carbonyl (C=O) groups excluding carboxylic acids is 2. The fraction of sp³-hybridized carbons (Fsp3) is 0.300. The van der Waals surface area contributed by atoms with Crippen LogP contribution in [0, 0.1) is 5.92 Å². The molecular formula is C20H23N3O4S. The summed E-state index contributed by atoms with van der Waals surface area (Å²) in [6.45, 7) is 4.25. The van der Waals surface area contributed by atoms with Crippen molar-refractivity contribution in [2.75, 3.05) is 21.5 Å². The van der Waals surface area contributed by atoms with Crippen molar-refractivity contribution >= 4 is 38.9 Å². The van der Waals surface area contributed by atoms with Gasteiger partial charge in [0.25, 0.3) is 10.0 Å². The molecule has 0 atom stereocenters. The molecule has 7 nitrogen and oxygen atoms in total. The van der Waals surface area contributed by atoms with Crippen molar-refractivity contribution in [1.82, 2.24) is 0 Å². The van der Waals surface area contributed by atoms with E-state index in [1.807, 2.05) is 0 Å². The minimum Gasteiger partial charge on any atom is -0.326 e. The van der Waals surface area contributed by atoms with Gasteiger partial charge in [-0.1, -0.05) is 13.8 Å². The summed E-state index contributed by atoms with van der Waals surface area (Å²) in [4.78, 5) is 25.3. The molecular weight excluding hydrogens is 378 g/mol. The van der Waals surface area contributed by atoms with Crippen LogP contribution < -0.4 is 14.9 Å². The number of rotatable bonds is 6. The highest BCUT2D eigenvalue weighted by atomic mass is 32.2. The zero-order chi connectivity index (χ0) is 20.3. The molecule has 1 fully saturated rings. The lowest BCUT2D eigenvalue weighted by atomic mass is 10.2. The molecule has 1 aliphatic rings. The Balaban J connectivity index is 1.69. The highest BCUT2D eigenvalue weighted by Gasteiger charge is 2.22. The topological polar surface area (TPSA) is 95.6 Å². The minimum atomic E-state index is -3.76. The van der Waals surface area contributed by atoms with Crippen molar-refractivity contribution in [2.45, 2.75) is 31.6 Å². The lowest BCUT2D eigenvalue weighted by Gasteiger charge is -2.16. The summed E-state index contributed by atoms with van der Waals surface area (Å²) in [6.07, 6.45) is 1.38. The first-order valence-corrected chi connectivity index (χ1v) is 10.6. The summed E-state index contributed by atoms with van der Waals surface area (Å²) in [7, 11) is -3.76. The number of sulfonamides is 1. The Bertz CT molecular complexity index is 968. The van der Waals surface area contributed by atoms with E-state index in [-0.39, 0.29) is 22.6 Å². The zero-order valence-electron chi connectivity index (χ0n) is 15.8. The molecule has 28 heavy (non-hydrogen) atoms. The van der Waals surface area contributed by atoms with Gasteiger partial charge in [-0.05, 0) is 55.0 Å². The van der Waals surface area contributed by atoms with E-state index in [0.717, 1.165) is 12.1 Å². The first kappa shape index (κ1) is 19.9. The maximum atomic E-state index is 12.6. The van der Waals surface area contributed by atoms with Gasteiger partial charge in [0.2, 0.25) is 11.8 Å². The first-order valence-electron chi connectivity index (χ1n) is 9.10. The molecule has 0 aliphatic carbocycles. The molecule has 0 unspecified atom stereocenters. The van der Waals surface area contributed by atoms with Crippen LogP contribution in [-0.4, -0.2) is 26.8 Å². The smallest absolute Gasteiger partial charge is 0.261 e. The fourth-order valence-corrected chi connectivity index (χ4v) is 3.91. The second kappa shape index (κ2) is 8.02. The van der Waals surface area contributed by atoms with Crippen molar-refractivity contribution in [2.24, 2.45) is 5.92 Å². The van der Waals surface area contributed by atoms with Crippen LogP contribution in [-0.2, 0) is 19.6 Å². The average molecular weight is 401 g/mol. The van der Waals surface area contributed by atoms with Gasteiger partial charge in [-0.3, -0.25) is 14.3 Å². The third-order valence-corrected chi connectivity index (χ3v) is 5.86. The van der Waals surface area contributed by atoms with Crippen LogP contribution in [0.1, 0.15) is 26.7 Å². The van der Waals surface area contributed by atoms with E-state index >= 15 is 0 Å². The van der Waals surface area contributed by atoms with E-state index in [0.29, 0.717) is 24.3 Å². The molecule has 2 aromatic carbocycles. The van der Waals surface area contributed by atoms with Crippen LogP contribution >= 0.6 is 0 Å². The number of anilines is 3. The fourth-order valence-electron chi connectivity index (χ4n) is 2.85.